The van der Waals surface area contributed by atoms with Crippen molar-refractivity contribution in [3.05, 3.63) is 10.4 Å². The molecule has 1 heterocycles. The minimum atomic E-state index is -0.0533. The van der Waals surface area contributed by atoms with Gasteiger partial charge in [0.05, 0.1) is 33.0 Å². The number of ether oxygens (including phenoxy) is 4. The van der Waals surface area contributed by atoms with Gasteiger partial charge in [-0.1, -0.05) is 5.11 Å². The molecule has 1 rings (SSSR count). The van der Waals surface area contributed by atoms with E-state index in [4.69, 9.17) is 24.5 Å². The summed E-state index contributed by atoms with van der Waals surface area (Å²) in [5.41, 5.74) is 8.03. The molecular weight excluding hydrogens is 238 g/mol. The maximum Gasteiger partial charge on any atom is 0.157 e. The van der Waals surface area contributed by atoms with Crippen molar-refractivity contribution in [3.63, 3.8) is 0 Å². The van der Waals surface area contributed by atoms with Gasteiger partial charge < -0.3 is 18.9 Å². The van der Waals surface area contributed by atoms with Crippen LogP contribution in [0.3, 0.4) is 0 Å². The standard InChI is InChI=1S/C11H21N3O4/c12-14-13-4-6-15-7-8-16-9-10-18-11-3-1-2-5-17-11/h11H,1-10H2. The molecule has 0 amide bonds. The lowest BCUT2D eigenvalue weighted by Crippen LogP contribution is -2.24. The van der Waals surface area contributed by atoms with Crippen LogP contribution in [0.4, 0.5) is 0 Å². The number of hydrogen-bond donors (Lipinski definition) is 0. The SMILES string of the molecule is [N-]=[N+]=NCCOCCOCCOC1CCCCO1. The van der Waals surface area contributed by atoms with Crippen LogP contribution in [0, 0.1) is 0 Å². The predicted molar refractivity (Wildman–Crippen MR) is 65.2 cm³/mol. The molecule has 0 N–H and O–H groups in total. The monoisotopic (exact) mass is 259 g/mol. The van der Waals surface area contributed by atoms with Gasteiger partial charge in [-0.15, -0.1) is 0 Å². The second-order valence-electron chi connectivity index (χ2n) is 3.85. The predicted octanol–water partition coefficient (Wildman–Crippen LogP) is 1.87. The van der Waals surface area contributed by atoms with Crippen LogP contribution in [-0.4, -0.2) is 52.5 Å². The first-order valence-corrected chi connectivity index (χ1v) is 6.33. The van der Waals surface area contributed by atoms with Crippen molar-refractivity contribution < 1.29 is 18.9 Å². The van der Waals surface area contributed by atoms with Crippen LogP contribution in [0.1, 0.15) is 19.3 Å². The largest absolute Gasteiger partial charge is 0.379 e. The second-order valence-corrected chi connectivity index (χ2v) is 3.85. The molecule has 0 aromatic heterocycles. The zero-order valence-corrected chi connectivity index (χ0v) is 10.6. The maximum absolute atomic E-state index is 8.03. The van der Waals surface area contributed by atoms with Crippen LogP contribution in [-0.2, 0) is 18.9 Å². The van der Waals surface area contributed by atoms with Crippen LogP contribution >= 0.6 is 0 Å². The van der Waals surface area contributed by atoms with E-state index in [0.717, 1.165) is 19.4 Å². The summed E-state index contributed by atoms with van der Waals surface area (Å²) in [5.74, 6) is 0. The van der Waals surface area contributed by atoms with E-state index in [-0.39, 0.29) is 6.29 Å². The van der Waals surface area contributed by atoms with Crippen LogP contribution < -0.4 is 0 Å². The van der Waals surface area contributed by atoms with Gasteiger partial charge in [0.15, 0.2) is 6.29 Å². The second kappa shape index (κ2) is 11.3. The number of azide groups is 1. The Morgan fingerprint density at radius 3 is 2.61 bits per heavy atom. The zero-order valence-electron chi connectivity index (χ0n) is 10.6. The Hall–Kier alpha value is -0.850. The summed E-state index contributed by atoms with van der Waals surface area (Å²) in [6.07, 6.45) is 3.22. The third-order valence-electron chi connectivity index (χ3n) is 2.44. The molecule has 1 atom stereocenters. The normalized spacial score (nSPS) is 19.4. The molecule has 0 spiro atoms. The highest BCUT2D eigenvalue weighted by atomic mass is 16.7. The van der Waals surface area contributed by atoms with Gasteiger partial charge in [0, 0.05) is 18.1 Å². The Labute approximate surface area is 107 Å². The van der Waals surface area contributed by atoms with Gasteiger partial charge in [0.1, 0.15) is 0 Å². The summed E-state index contributed by atoms with van der Waals surface area (Å²) >= 11 is 0. The average molecular weight is 259 g/mol. The van der Waals surface area contributed by atoms with E-state index in [1.165, 1.54) is 6.42 Å². The lowest BCUT2D eigenvalue weighted by molar-refractivity contribution is -0.169. The first-order valence-electron chi connectivity index (χ1n) is 6.33. The van der Waals surface area contributed by atoms with E-state index in [1.807, 2.05) is 0 Å². The Morgan fingerprint density at radius 1 is 1.11 bits per heavy atom. The lowest BCUT2D eigenvalue weighted by atomic mass is 10.2. The van der Waals surface area contributed by atoms with Gasteiger partial charge in [-0.25, -0.2) is 0 Å². The highest BCUT2D eigenvalue weighted by Crippen LogP contribution is 2.13. The van der Waals surface area contributed by atoms with Gasteiger partial charge in [-0.05, 0) is 24.8 Å². The quantitative estimate of drug-likeness (QED) is 0.259. The van der Waals surface area contributed by atoms with E-state index in [0.29, 0.717) is 39.6 Å². The smallest absolute Gasteiger partial charge is 0.157 e. The molecule has 0 aromatic rings. The molecule has 0 radical (unpaired) electrons. The van der Waals surface area contributed by atoms with Crippen LogP contribution in [0.15, 0.2) is 5.11 Å². The van der Waals surface area contributed by atoms with Crippen molar-refractivity contribution >= 4 is 0 Å². The minimum Gasteiger partial charge on any atom is -0.379 e. The van der Waals surface area contributed by atoms with Crippen molar-refractivity contribution in [1.29, 1.82) is 0 Å². The minimum absolute atomic E-state index is 0.0533. The molecule has 104 valence electrons. The molecule has 0 bridgehead atoms. The molecule has 0 aromatic carbocycles. The van der Waals surface area contributed by atoms with Crippen molar-refractivity contribution in [2.45, 2.75) is 25.6 Å². The summed E-state index contributed by atoms with van der Waals surface area (Å²) in [6, 6.07) is 0. The first kappa shape index (κ1) is 15.2. The van der Waals surface area contributed by atoms with Crippen molar-refractivity contribution in [3.8, 4) is 0 Å². The van der Waals surface area contributed by atoms with E-state index in [2.05, 4.69) is 10.0 Å². The Kier molecular flexibility index (Phi) is 9.51. The van der Waals surface area contributed by atoms with Crippen molar-refractivity contribution in [1.82, 2.24) is 0 Å². The third-order valence-corrected chi connectivity index (χ3v) is 2.44. The van der Waals surface area contributed by atoms with Gasteiger partial charge >= 0.3 is 0 Å². The molecule has 0 saturated carbocycles. The summed E-state index contributed by atoms with van der Waals surface area (Å²) in [6.45, 7) is 3.69. The Balaban J connectivity index is 1.76. The van der Waals surface area contributed by atoms with Crippen LogP contribution in [0.5, 0.6) is 0 Å². The molecule has 1 saturated heterocycles. The van der Waals surface area contributed by atoms with E-state index in [1.54, 1.807) is 0 Å². The number of rotatable bonds is 10. The fraction of sp³-hybridized carbons (Fsp3) is 1.00. The number of nitrogens with zero attached hydrogens (tertiary/aromatic N) is 3. The first-order chi connectivity index (χ1) is 8.93. The van der Waals surface area contributed by atoms with Crippen molar-refractivity contribution in [2.75, 3.05) is 46.2 Å². The molecule has 1 unspecified atom stereocenters. The third kappa shape index (κ3) is 8.27. The molecule has 7 nitrogen and oxygen atoms in total. The maximum atomic E-state index is 8.03. The van der Waals surface area contributed by atoms with Gasteiger partial charge in [-0.2, -0.15) is 0 Å². The van der Waals surface area contributed by atoms with Gasteiger partial charge in [0.25, 0.3) is 0 Å². The molecule has 18 heavy (non-hydrogen) atoms. The molecule has 1 aliphatic heterocycles. The van der Waals surface area contributed by atoms with Gasteiger partial charge in [-0.3, -0.25) is 0 Å². The fourth-order valence-corrected chi connectivity index (χ4v) is 1.55. The Morgan fingerprint density at radius 2 is 1.89 bits per heavy atom. The van der Waals surface area contributed by atoms with Crippen LogP contribution in [0.2, 0.25) is 0 Å². The molecule has 1 fully saturated rings. The molecular formula is C11H21N3O4. The summed E-state index contributed by atoms with van der Waals surface area (Å²) in [7, 11) is 0. The summed E-state index contributed by atoms with van der Waals surface area (Å²) in [4.78, 5) is 2.62. The van der Waals surface area contributed by atoms with E-state index < -0.39 is 0 Å². The van der Waals surface area contributed by atoms with Crippen molar-refractivity contribution in [2.24, 2.45) is 5.11 Å². The lowest BCUT2D eigenvalue weighted by Gasteiger charge is -2.22. The molecule has 1 aliphatic rings. The Bertz CT molecular complexity index is 240. The topological polar surface area (TPSA) is 85.7 Å². The molecule has 0 aliphatic carbocycles. The van der Waals surface area contributed by atoms with Gasteiger partial charge in [0.2, 0.25) is 0 Å². The molecule has 7 heteroatoms. The summed E-state index contributed by atoms with van der Waals surface area (Å²) < 4.78 is 21.4. The zero-order chi connectivity index (χ0) is 12.9. The average Bonchev–Trinajstić information content (AvgIpc) is 2.42. The van der Waals surface area contributed by atoms with Crippen LogP contribution in [0.25, 0.3) is 10.4 Å². The highest BCUT2D eigenvalue weighted by Gasteiger charge is 2.13. The number of hydrogen-bond acceptors (Lipinski definition) is 5. The van der Waals surface area contributed by atoms with E-state index >= 15 is 0 Å². The summed E-state index contributed by atoms with van der Waals surface area (Å²) in [5, 5.41) is 3.35. The highest BCUT2D eigenvalue weighted by molar-refractivity contribution is 4.53. The fourth-order valence-electron chi connectivity index (χ4n) is 1.55. The van der Waals surface area contributed by atoms with E-state index in [9.17, 15) is 0 Å².